The van der Waals surface area contributed by atoms with Gasteiger partial charge in [-0.2, -0.15) is 0 Å². The molecular weight excluding hydrogens is 508 g/mol. The highest BCUT2D eigenvalue weighted by molar-refractivity contribution is 6.09. The molecule has 1 aliphatic heterocycles. The van der Waals surface area contributed by atoms with Crippen molar-refractivity contribution in [2.24, 2.45) is 5.92 Å². The third-order valence-electron chi connectivity index (χ3n) is 7.33. The summed E-state index contributed by atoms with van der Waals surface area (Å²) >= 11 is 0. The van der Waals surface area contributed by atoms with Crippen LogP contribution in [0.25, 0.3) is 0 Å². The predicted molar refractivity (Wildman–Crippen MR) is 153 cm³/mol. The van der Waals surface area contributed by atoms with Crippen molar-refractivity contribution in [3.63, 3.8) is 0 Å². The molecular formula is C33H40O7. The molecule has 0 unspecified atom stereocenters. The Morgan fingerprint density at radius 2 is 1.85 bits per heavy atom. The van der Waals surface area contributed by atoms with Gasteiger partial charge in [0.15, 0.2) is 29.2 Å². The lowest BCUT2D eigenvalue weighted by Gasteiger charge is -2.23. The zero-order valence-electron chi connectivity index (χ0n) is 23.8. The first-order chi connectivity index (χ1) is 18.9. The van der Waals surface area contributed by atoms with Crippen molar-refractivity contribution in [2.45, 2.75) is 90.4 Å². The van der Waals surface area contributed by atoms with E-state index in [-0.39, 0.29) is 65.7 Å². The molecule has 3 rings (SSSR count). The average Bonchev–Trinajstić information content (AvgIpc) is 3.66. The van der Waals surface area contributed by atoms with Crippen LogP contribution in [0, 0.1) is 5.92 Å². The third-order valence-corrected chi connectivity index (χ3v) is 7.33. The Bertz CT molecular complexity index is 1250. The van der Waals surface area contributed by atoms with Gasteiger partial charge in [-0.25, -0.2) is 0 Å². The van der Waals surface area contributed by atoms with Gasteiger partial charge in [0.2, 0.25) is 0 Å². The molecule has 0 bridgehead atoms. The number of hydrogen-bond donors (Lipinski definition) is 2. The second-order valence-electron chi connectivity index (χ2n) is 11.0. The second-order valence-corrected chi connectivity index (χ2v) is 11.0. The topological polar surface area (TPSA) is 121 Å². The van der Waals surface area contributed by atoms with Crippen LogP contribution in [0.15, 0.2) is 82.7 Å². The summed E-state index contributed by atoms with van der Waals surface area (Å²) in [4.78, 5) is 49.4. The van der Waals surface area contributed by atoms with Crippen molar-refractivity contribution < 1.29 is 34.1 Å². The molecule has 0 radical (unpaired) electrons. The summed E-state index contributed by atoms with van der Waals surface area (Å²) in [5.41, 5.74) is 0.439. The molecule has 0 spiro atoms. The molecule has 3 aliphatic rings. The molecule has 0 amide bonds. The SMILES string of the molecule is CCCC[C@@H](C)/C=C(C)/C=C(\C)C(=O)CC1=C[C@](O)(/C=C/C=C/C=C/C(=O)CC2=C(O)CCC2=O)[C@@H]2O[C@@H]2C1=O. The lowest BCUT2D eigenvalue weighted by atomic mass is 9.83. The van der Waals surface area contributed by atoms with Crippen LogP contribution in [0.3, 0.4) is 0 Å². The highest BCUT2D eigenvalue weighted by Crippen LogP contribution is 2.42. The molecule has 1 fully saturated rings. The third kappa shape index (κ3) is 8.29. The van der Waals surface area contributed by atoms with Crippen LogP contribution in [-0.2, 0) is 23.9 Å². The molecule has 2 N–H and O–H groups in total. The minimum Gasteiger partial charge on any atom is -0.512 e. The van der Waals surface area contributed by atoms with Crippen molar-refractivity contribution in [1.29, 1.82) is 0 Å². The molecule has 2 aliphatic carbocycles. The fraction of sp³-hybridized carbons (Fsp3) is 0.455. The molecule has 1 saturated heterocycles. The largest absolute Gasteiger partial charge is 0.512 e. The van der Waals surface area contributed by atoms with E-state index in [2.05, 4.69) is 19.9 Å². The lowest BCUT2D eigenvalue weighted by Crippen LogP contribution is -2.38. The number of allylic oxidation sites excluding steroid dienone is 11. The Balaban J connectivity index is 1.60. The number of carbonyl (C=O) groups is 4. The van der Waals surface area contributed by atoms with Crippen molar-refractivity contribution in [3.8, 4) is 0 Å². The van der Waals surface area contributed by atoms with Gasteiger partial charge in [-0.15, -0.1) is 0 Å². The summed E-state index contributed by atoms with van der Waals surface area (Å²) in [6.07, 6.45) is 16.7. The number of ketones is 4. The Morgan fingerprint density at radius 3 is 2.52 bits per heavy atom. The van der Waals surface area contributed by atoms with E-state index >= 15 is 0 Å². The highest BCUT2D eigenvalue weighted by Gasteiger charge is 2.59. The number of unbranched alkanes of at least 4 members (excludes halogenated alkanes) is 1. The molecule has 0 saturated carbocycles. The Hall–Kier alpha value is -3.42. The molecule has 7 nitrogen and oxygen atoms in total. The van der Waals surface area contributed by atoms with Crippen LogP contribution in [-0.4, -0.2) is 51.2 Å². The van der Waals surface area contributed by atoms with Gasteiger partial charge < -0.3 is 14.9 Å². The number of carbonyl (C=O) groups excluding carboxylic acids is 4. The number of Topliss-reactive ketones (excluding diaryl/α,β-unsaturated/α-hetero) is 3. The minimum atomic E-state index is -1.53. The Kier molecular flexibility index (Phi) is 10.7. The van der Waals surface area contributed by atoms with E-state index in [1.54, 1.807) is 25.2 Å². The van der Waals surface area contributed by atoms with Gasteiger partial charge in [0.25, 0.3) is 0 Å². The molecule has 214 valence electrons. The van der Waals surface area contributed by atoms with Crippen LogP contribution in [0.1, 0.15) is 72.6 Å². The normalized spacial score (nSPS) is 26.3. The fourth-order valence-electron chi connectivity index (χ4n) is 5.03. The number of hydrogen-bond acceptors (Lipinski definition) is 7. The van der Waals surface area contributed by atoms with Gasteiger partial charge in [-0.1, -0.05) is 68.7 Å². The van der Waals surface area contributed by atoms with Gasteiger partial charge in [0, 0.05) is 36.8 Å². The number of aliphatic hydroxyl groups is 2. The summed E-state index contributed by atoms with van der Waals surface area (Å²) in [6.45, 7) is 8.02. The zero-order valence-corrected chi connectivity index (χ0v) is 23.8. The van der Waals surface area contributed by atoms with Crippen LogP contribution < -0.4 is 0 Å². The van der Waals surface area contributed by atoms with Crippen molar-refractivity contribution in [3.05, 3.63) is 82.7 Å². The first-order valence-corrected chi connectivity index (χ1v) is 14.0. The van der Waals surface area contributed by atoms with Crippen LogP contribution in [0.4, 0.5) is 0 Å². The van der Waals surface area contributed by atoms with Crippen molar-refractivity contribution >= 4 is 23.1 Å². The van der Waals surface area contributed by atoms with Crippen LogP contribution in [0.2, 0.25) is 0 Å². The van der Waals surface area contributed by atoms with E-state index < -0.39 is 17.8 Å². The summed E-state index contributed by atoms with van der Waals surface area (Å²) in [5, 5.41) is 20.8. The Morgan fingerprint density at radius 1 is 1.12 bits per heavy atom. The molecule has 0 aromatic rings. The van der Waals surface area contributed by atoms with Crippen LogP contribution >= 0.6 is 0 Å². The van der Waals surface area contributed by atoms with Gasteiger partial charge in [-0.05, 0) is 50.0 Å². The first-order valence-electron chi connectivity index (χ1n) is 14.0. The summed E-state index contributed by atoms with van der Waals surface area (Å²) in [6, 6.07) is 0. The van der Waals surface area contributed by atoms with E-state index in [4.69, 9.17) is 4.74 Å². The number of epoxide rings is 1. The second kappa shape index (κ2) is 13.8. The van der Waals surface area contributed by atoms with E-state index in [0.717, 1.165) is 24.8 Å². The maximum atomic E-state index is 12.9. The standard InChI is InChI=1S/C33H40O7/c1-5-6-11-21(2)16-22(3)17-23(4)29(37)18-24-20-33(39,32-31(40-32)30(24)38)15-10-8-7-9-12-25(34)19-26-27(35)13-14-28(26)36/h7-10,12,15-17,20-21,31-32,35,39H,5-6,11,13-14,18-19H2,1-4H3/b8-7+,12-9+,15-10+,22-16+,23-17+/t21-,31-,32-,33-/m1/s1. The van der Waals surface area contributed by atoms with Gasteiger partial charge >= 0.3 is 0 Å². The molecule has 7 heteroatoms. The minimum absolute atomic E-state index is 0.00951. The fourth-order valence-corrected chi connectivity index (χ4v) is 5.03. The van der Waals surface area contributed by atoms with Crippen LogP contribution in [0.5, 0.6) is 0 Å². The van der Waals surface area contributed by atoms with Gasteiger partial charge in [0.1, 0.15) is 11.7 Å². The zero-order chi connectivity index (χ0) is 29.4. The molecule has 4 atom stereocenters. The maximum absolute atomic E-state index is 12.9. The van der Waals surface area contributed by atoms with Crippen molar-refractivity contribution in [1.82, 2.24) is 0 Å². The lowest BCUT2D eigenvalue weighted by molar-refractivity contribution is -0.120. The smallest absolute Gasteiger partial charge is 0.190 e. The van der Waals surface area contributed by atoms with Gasteiger partial charge in [0.05, 0.1) is 5.76 Å². The van der Waals surface area contributed by atoms with E-state index in [1.807, 2.05) is 13.0 Å². The summed E-state index contributed by atoms with van der Waals surface area (Å²) in [5.74, 6) is -0.544. The number of fused-ring (bicyclic) bond motifs is 1. The Labute approximate surface area is 236 Å². The van der Waals surface area contributed by atoms with Crippen molar-refractivity contribution in [2.75, 3.05) is 0 Å². The number of rotatable bonds is 14. The predicted octanol–water partition coefficient (Wildman–Crippen LogP) is 5.47. The monoisotopic (exact) mass is 548 g/mol. The highest BCUT2D eigenvalue weighted by atomic mass is 16.6. The van der Waals surface area contributed by atoms with E-state index in [1.165, 1.54) is 24.3 Å². The summed E-state index contributed by atoms with van der Waals surface area (Å²) in [7, 11) is 0. The maximum Gasteiger partial charge on any atom is 0.190 e. The molecule has 1 heterocycles. The molecule has 0 aromatic carbocycles. The molecule has 0 aromatic heterocycles. The number of aliphatic hydroxyl groups excluding tert-OH is 1. The number of ether oxygens (including phenoxy) is 1. The van der Waals surface area contributed by atoms with E-state index in [9.17, 15) is 29.4 Å². The molecule has 40 heavy (non-hydrogen) atoms. The quantitative estimate of drug-likeness (QED) is 0.168. The summed E-state index contributed by atoms with van der Waals surface area (Å²) < 4.78 is 5.44. The van der Waals surface area contributed by atoms with E-state index in [0.29, 0.717) is 11.5 Å². The average molecular weight is 549 g/mol. The first kappa shape index (κ1) is 31.1. The van der Waals surface area contributed by atoms with Gasteiger partial charge in [-0.3, -0.25) is 19.2 Å².